The molecular weight excluding hydrogens is 464 g/mol. The summed E-state index contributed by atoms with van der Waals surface area (Å²) in [6.07, 6.45) is 1.97. The number of anilines is 1. The predicted molar refractivity (Wildman–Crippen MR) is 133 cm³/mol. The Morgan fingerprint density at radius 1 is 1.33 bits per heavy atom. The average Bonchev–Trinajstić information content (AvgIpc) is 3.34. The van der Waals surface area contributed by atoms with Crippen molar-refractivity contribution in [3.05, 3.63) is 36.9 Å². The van der Waals surface area contributed by atoms with Crippen LogP contribution >= 0.6 is 0 Å². The van der Waals surface area contributed by atoms with Gasteiger partial charge in [-0.2, -0.15) is 0 Å². The second kappa shape index (κ2) is 9.19. The number of aliphatic hydroxyl groups is 1. The molecule has 7 atom stereocenters. The molecule has 1 aromatic rings. The summed E-state index contributed by atoms with van der Waals surface area (Å²) in [6.45, 7) is 11.0. The summed E-state index contributed by atoms with van der Waals surface area (Å²) in [7, 11) is 1.55. The molecule has 1 spiro atoms. The topological polar surface area (TPSA) is 117 Å². The van der Waals surface area contributed by atoms with Crippen LogP contribution in [0.25, 0.3) is 0 Å². The maximum absolute atomic E-state index is 14.4. The van der Waals surface area contributed by atoms with Gasteiger partial charge in [-0.1, -0.05) is 26.8 Å². The van der Waals surface area contributed by atoms with Gasteiger partial charge >= 0.3 is 5.97 Å². The lowest BCUT2D eigenvalue weighted by molar-refractivity contribution is -0.158. The monoisotopic (exact) mass is 500 g/mol. The van der Waals surface area contributed by atoms with Crippen LogP contribution in [0.4, 0.5) is 5.69 Å². The van der Waals surface area contributed by atoms with Gasteiger partial charge in [0.05, 0.1) is 31.3 Å². The molecular formula is C27H36N2O7. The van der Waals surface area contributed by atoms with Gasteiger partial charge in [0.1, 0.15) is 23.3 Å². The first kappa shape index (κ1) is 26.2. The van der Waals surface area contributed by atoms with Crippen molar-refractivity contribution in [3.8, 4) is 5.75 Å². The summed E-state index contributed by atoms with van der Waals surface area (Å²) in [6, 6.07) is 5.21. The molecule has 0 saturated carbocycles. The van der Waals surface area contributed by atoms with Crippen molar-refractivity contribution < 1.29 is 34.1 Å². The summed E-state index contributed by atoms with van der Waals surface area (Å²) in [5, 5.41) is 20.5. The van der Waals surface area contributed by atoms with Gasteiger partial charge in [0.2, 0.25) is 5.91 Å². The van der Waals surface area contributed by atoms with Gasteiger partial charge in [-0.15, -0.1) is 6.58 Å². The van der Waals surface area contributed by atoms with E-state index < -0.39 is 52.9 Å². The molecule has 2 N–H and O–H groups in total. The summed E-state index contributed by atoms with van der Waals surface area (Å²) in [5.74, 6) is -3.78. The first-order valence-electron chi connectivity index (χ1n) is 12.4. The number of nitrogens with zero attached hydrogens (tertiary/aromatic N) is 2. The lowest BCUT2D eigenvalue weighted by atomic mass is 9.62. The summed E-state index contributed by atoms with van der Waals surface area (Å²) in [5.41, 5.74) is -1.80. The minimum atomic E-state index is -1.31. The van der Waals surface area contributed by atoms with E-state index in [9.17, 15) is 24.6 Å². The van der Waals surface area contributed by atoms with Gasteiger partial charge in [-0.3, -0.25) is 14.4 Å². The molecule has 3 saturated heterocycles. The van der Waals surface area contributed by atoms with E-state index in [-0.39, 0.29) is 25.0 Å². The molecule has 0 aromatic heterocycles. The van der Waals surface area contributed by atoms with Gasteiger partial charge < -0.3 is 29.5 Å². The third-order valence-corrected chi connectivity index (χ3v) is 8.53. The van der Waals surface area contributed by atoms with Gasteiger partial charge in [-0.05, 0) is 49.4 Å². The predicted octanol–water partition coefficient (Wildman–Crippen LogP) is 2.33. The fourth-order valence-electron chi connectivity index (χ4n) is 6.67. The van der Waals surface area contributed by atoms with Crippen LogP contribution in [0.2, 0.25) is 0 Å². The number of methoxy groups -OCH3 is 1. The SMILES string of the molecule is C=CCN(C(=O)C1N([C@@H](CO)C(C)C)C(=O)[C@@H]2[C@H](C(=O)O)[C@@]3(C)OC12CC3C)c1ccc(OC)cc1. The highest BCUT2D eigenvalue weighted by atomic mass is 16.5. The number of carbonyl (C=O) groups is 3. The summed E-state index contributed by atoms with van der Waals surface area (Å²) in [4.78, 5) is 43.9. The number of aliphatic hydroxyl groups excluding tert-OH is 1. The minimum absolute atomic E-state index is 0.172. The molecule has 3 aliphatic heterocycles. The van der Waals surface area contributed by atoms with Gasteiger partial charge in [0.15, 0.2) is 0 Å². The highest BCUT2D eigenvalue weighted by molar-refractivity contribution is 6.05. The second-order valence-electron chi connectivity index (χ2n) is 10.7. The lowest BCUT2D eigenvalue weighted by Gasteiger charge is -2.40. The molecule has 9 heteroatoms. The number of fused-ring (bicyclic) bond motifs is 1. The molecule has 4 rings (SSSR count). The number of likely N-dealkylation sites (tertiary alicyclic amines) is 1. The average molecular weight is 501 g/mol. The Morgan fingerprint density at radius 3 is 2.47 bits per heavy atom. The minimum Gasteiger partial charge on any atom is -0.497 e. The number of hydrogen-bond acceptors (Lipinski definition) is 6. The van der Waals surface area contributed by atoms with Crippen LogP contribution in [0.1, 0.15) is 34.1 Å². The van der Waals surface area contributed by atoms with E-state index in [0.29, 0.717) is 17.9 Å². The quantitative estimate of drug-likeness (QED) is 0.500. The first-order chi connectivity index (χ1) is 17.0. The van der Waals surface area contributed by atoms with Crippen molar-refractivity contribution in [1.82, 2.24) is 4.90 Å². The van der Waals surface area contributed by atoms with E-state index in [0.717, 1.165) is 0 Å². The first-order valence-corrected chi connectivity index (χ1v) is 12.4. The molecule has 2 amide bonds. The molecule has 1 aromatic carbocycles. The van der Waals surface area contributed by atoms with Crippen LogP contribution in [-0.4, -0.2) is 76.4 Å². The standard InChI is InChI=1S/C27H36N2O7/c1-7-12-28(17-8-10-18(35-6)11-9-17)24(32)22-27-13-16(4)26(5,36-27)21(25(33)34)20(27)23(31)29(22)19(14-30)15(2)3/h7-11,15-16,19-22,30H,1,12-14H2,2-6H3,(H,33,34)/t16?,19-,20-,21+,22?,26-,27?/m0/s1. The third kappa shape index (κ3) is 3.55. The number of benzene rings is 1. The highest BCUT2D eigenvalue weighted by Crippen LogP contribution is 2.65. The molecule has 3 fully saturated rings. The zero-order valence-corrected chi connectivity index (χ0v) is 21.5. The van der Waals surface area contributed by atoms with Crippen LogP contribution in [0, 0.1) is 23.7 Å². The van der Waals surface area contributed by atoms with Crippen molar-refractivity contribution >= 4 is 23.5 Å². The normalized spacial score (nSPS) is 33.5. The van der Waals surface area contributed by atoms with E-state index >= 15 is 0 Å². The smallest absolute Gasteiger partial charge is 0.310 e. The number of amides is 2. The van der Waals surface area contributed by atoms with E-state index in [1.807, 2.05) is 20.8 Å². The summed E-state index contributed by atoms with van der Waals surface area (Å²) >= 11 is 0. The Balaban J connectivity index is 1.88. The maximum Gasteiger partial charge on any atom is 0.310 e. The number of rotatable bonds is 9. The van der Waals surface area contributed by atoms with Gasteiger partial charge in [0, 0.05) is 12.2 Å². The number of carboxylic acids is 1. The highest BCUT2D eigenvalue weighted by Gasteiger charge is 2.80. The zero-order valence-electron chi connectivity index (χ0n) is 21.5. The Hall–Kier alpha value is -2.91. The van der Waals surface area contributed by atoms with Gasteiger partial charge in [0.25, 0.3) is 5.91 Å². The van der Waals surface area contributed by atoms with Crippen LogP contribution in [0.15, 0.2) is 36.9 Å². The molecule has 2 bridgehead atoms. The van der Waals surface area contributed by atoms with Crippen molar-refractivity contribution in [3.63, 3.8) is 0 Å². The van der Waals surface area contributed by atoms with Gasteiger partial charge in [-0.25, -0.2) is 0 Å². The Morgan fingerprint density at radius 2 is 1.97 bits per heavy atom. The molecule has 0 radical (unpaired) electrons. The van der Waals surface area contributed by atoms with Crippen LogP contribution in [-0.2, 0) is 19.1 Å². The number of carboxylic acid groups (broad SMARTS) is 1. The van der Waals surface area contributed by atoms with E-state index in [2.05, 4.69) is 6.58 Å². The molecule has 3 aliphatic rings. The Bertz CT molecular complexity index is 1060. The van der Waals surface area contributed by atoms with Crippen molar-refractivity contribution in [2.75, 3.05) is 25.2 Å². The molecule has 3 unspecified atom stereocenters. The van der Waals surface area contributed by atoms with Crippen LogP contribution in [0.5, 0.6) is 5.75 Å². The van der Waals surface area contributed by atoms with E-state index in [1.165, 1.54) is 9.80 Å². The fourth-order valence-corrected chi connectivity index (χ4v) is 6.67. The second-order valence-corrected chi connectivity index (χ2v) is 10.7. The Labute approximate surface area is 211 Å². The lowest BCUT2D eigenvalue weighted by Crippen LogP contribution is -2.60. The van der Waals surface area contributed by atoms with Crippen molar-refractivity contribution in [2.45, 2.75) is 57.4 Å². The van der Waals surface area contributed by atoms with Crippen molar-refractivity contribution in [1.29, 1.82) is 0 Å². The molecule has 36 heavy (non-hydrogen) atoms. The number of hydrogen-bond donors (Lipinski definition) is 2. The van der Waals surface area contributed by atoms with E-state index in [4.69, 9.17) is 9.47 Å². The van der Waals surface area contributed by atoms with Crippen molar-refractivity contribution in [2.24, 2.45) is 23.7 Å². The fraction of sp³-hybridized carbons (Fsp3) is 0.593. The largest absolute Gasteiger partial charge is 0.497 e. The molecule has 3 heterocycles. The molecule has 0 aliphatic carbocycles. The Kier molecular flexibility index (Phi) is 6.68. The van der Waals surface area contributed by atoms with Crippen LogP contribution < -0.4 is 9.64 Å². The maximum atomic E-state index is 14.4. The van der Waals surface area contributed by atoms with E-state index in [1.54, 1.807) is 44.4 Å². The third-order valence-electron chi connectivity index (χ3n) is 8.53. The van der Waals surface area contributed by atoms with Crippen LogP contribution in [0.3, 0.4) is 0 Å². The number of carbonyl (C=O) groups excluding carboxylic acids is 2. The zero-order chi connectivity index (χ0) is 26.6. The molecule has 9 nitrogen and oxygen atoms in total. The number of ether oxygens (including phenoxy) is 2. The molecule has 196 valence electrons. The summed E-state index contributed by atoms with van der Waals surface area (Å²) < 4.78 is 11.8. The number of aliphatic carboxylic acids is 1.